The van der Waals surface area contributed by atoms with Gasteiger partial charge in [0.1, 0.15) is 6.04 Å². The Morgan fingerprint density at radius 3 is 2.07 bits per heavy atom. The summed E-state index contributed by atoms with van der Waals surface area (Å²) in [7, 11) is 1.33. The highest BCUT2D eigenvalue weighted by Crippen LogP contribution is 2.01. The van der Waals surface area contributed by atoms with Crippen LogP contribution in [0, 0.1) is 0 Å². The van der Waals surface area contributed by atoms with Gasteiger partial charge in [0, 0.05) is 13.6 Å². The van der Waals surface area contributed by atoms with Gasteiger partial charge in [-0.15, -0.1) is 0 Å². The van der Waals surface area contributed by atoms with Crippen LogP contribution in [0.25, 0.3) is 0 Å². The first-order chi connectivity index (χ1) is 13.6. The number of primary amides is 2. The Labute approximate surface area is 165 Å². The van der Waals surface area contributed by atoms with Crippen LogP contribution in [-0.2, 0) is 43.0 Å². The number of rotatable bonds is 11. The molecule has 14 nitrogen and oxygen atoms in total. The first-order valence-electron chi connectivity index (χ1n) is 8.29. The highest BCUT2D eigenvalue weighted by atomic mass is 16.5. The molecule has 0 unspecified atom stereocenters. The normalized spacial score (nSPS) is 10.8. The quantitative estimate of drug-likeness (QED) is 0.124. The lowest BCUT2D eigenvalue weighted by Crippen LogP contribution is -2.48. The predicted molar refractivity (Wildman–Crippen MR) is 93.2 cm³/mol. The molecule has 0 aromatic rings. The average Bonchev–Trinajstić information content (AvgIpc) is 2.67. The van der Waals surface area contributed by atoms with Crippen LogP contribution in [0.15, 0.2) is 0 Å². The van der Waals surface area contributed by atoms with Gasteiger partial charge in [-0.3, -0.25) is 24.0 Å². The van der Waals surface area contributed by atoms with Crippen molar-refractivity contribution in [1.82, 2.24) is 16.0 Å². The van der Waals surface area contributed by atoms with E-state index in [1.54, 1.807) is 0 Å². The van der Waals surface area contributed by atoms with Crippen LogP contribution < -0.4 is 27.4 Å². The Hall–Kier alpha value is -3.71. The van der Waals surface area contributed by atoms with E-state index in [1.807, 2.05) is 0 Å². The lowest BCUT2D eigenvalue weighted by molar-refractivity contribution is -0.157. The maximum atomic E-state index is 11.8. The number of carbonyl (C=O) groups is 7. The van der Waals surface area contributed by atoms with Gasteiger partial charge >= 0.3 is 23.8 Å². The third-order valence-corrected chi connectivity index (χ3v) is 3.18. The molecule has 0 aliphatic carbocycles. The largest absolute Gasteiger partial charge is 0.448 e. The lowest BCUT2D eigenvalue weighted by atomic mass is 10.1. The molecule has 0 aromatic heterocycles. The fourth-order valence-electron chi connectivity index (χ4n) is 1.82. The maximum Gasteiger partial charge on any atom is 0.397 e. The number of hydrogen-bond donors (Lipinski definition) is 5. The Bertz CT molecular complexity index is 665. The SMILES string of the molecule is CNC(=O)[C@H](CCCCNC(=O)COC(=O)C(N)=O)NC(=O)C(=O)OCC(N)=O. The average molecular weight is 417 g/mol. The fourth-order valence-corrected chi connectivity index (χ4v) is 1.82. The molecule has 0 saturated carbocycles. The van der Waals surface area contributed by atoms with Crippen molar-refractivity contribution in [1.29, 1.82) is 0 Å². The van der Waals surface area contributed by atoms with Gasteiger partial charge < -0.3 is 36.9 Å². The molecular formula is C15H23N5O9. The topological polar surface area (TPSA) is 226 Å². The number of amides is 5. The molecule has 0 fully saturated rings. The zero-order valence-electron chi connectivity index (χ0n) is 15.6. The molecule has 1 atom stereocenters. The van der Waals surface area contributed by atoms with E-state index >= 15 is 0 Å². The second-order valence-electron chi connectivity index (χ2n) is 5.47. The number of nitrogens with two attached hydrogens (primary N) is 2. The molecule has 0 aliphatic rings. The molecule has 0 rings (SSSR count). The van der Waals surface area contributed by atoms with Crippen molar-refractivity contribution < 1.29 is 43.0 Å². The molecule has 0 radical (unpaired) electrons. The predicted octanol–water partition coefficient (Wildman–Crippen LogP) is -4.44. The van der Waals surface area contributed by atoms with E-state index in [4.69, 9.17) is 5.73 Å². The van der Waals surface area contributed by atoms with Gasteiger partial charge in [0.15, 0.2) is 13.2 Å². The molecule has 0 aromatic carbocycles. The highest BCUT2D eigenvalue weighted by Gasteiger charge is 2.24. The first kappa shape index (κ1) is 25.3. The summed E-state index contributed by atoms with van der Waals surface area (Å²) >= 11 is 0. The minimum Gasteiger partial charge on any atom is -0.448 e. The van der Waals surface area contributed by atoms with Gasteiger partial charge in [0.25, 0.3) is 11.8 Å². The first-order valence-corrected chi connectivity index (χ1v) is 8.29. The van der Waals surface area contributed by atoms with Gasteiger partial charge in [-0.05, 0) is 19.3 Å². The number of ether oxygens (including phenoxy) is 2. The summed E-state index contributed by atoms with van der Waals surface area (Å²) in [4.78, 5) is 78.1. The van der Waals surface area contributed by atoms with Gasteiger partial charge in [0.2, 0.25) is 5.91 Å². The Morgan fingerprint density at radius 2 is 1.52 bits per heavy atom. The molecule has 0 saturated heterocycles. The number of hydrogen-bond acceptors (Lipinski definition) is 9. The zero-order valence-corrected chi connectivity index (χ0v) is 15.6. The molecule has 5 amide bonds. The Kier molecular flexibility index (Phi) is 11.7. The van der Waals surface area contributed by atoms with E-state index in [1.165, 1.54) is 7.05 Å². The summed E-state index contributed by atoms with van der Waals surface area (Å²) in [6, 6.07) is -1.05. The van der Waals surface area contributed by atoms with Crippen molar-refractivity contribution in [3.63, 3.8) is 0 Å². The number of carbonyl (C=O) groups excluding carboxylic acids is 7. The molecule has 14 heteroatoms. The van der Waals surface area contributed by atoms with E-state index in [0.29, 0.717) is 12.8 Å². The number of unbranched alkanes of at least 4 members (excludes halogenated alkanes) is 1. The molecule has 162 valence electrons. The van der Waals surface area contributed by atoms with Gasteiger partial charge in [0.05, 0.1) is 0 Å². The van der Waals surface area contributed by atoms with Gasteiger partial charge in [-0.2, -0.15) is 0 Å². The van der Waals surface area contributed by atoms with E-state index < -0.39 is 60.7 Å². The summed E-state index contributed by atoms with van der Waals surface area (Å²) in [6.45, 7) is -1.29. The van der Waals surface area contributed by atoms with Crippen LogP contribution in [-0.4, -0.2) is 74.3 Å². The lowest BCUT2D eigenvalue weighted by Gasteiger charge is -2.16. The van der Waals surface area contributed by atoms with Gasteiger partial charge in [-0.1, -0.05) is 0 Å². The van der Waals surface area contributed by atoms with Crippen molar-refractivity contribution in [2.45, 2.75) is 25.3 Å². The van der Waals surface area contributed by atoms with Crippen molar-refractivity contribution in [3.8, 4) is 0 Å². The van der Waals surface area contributed by atoms with E-state index in [2.05, 4.69) is 31.2 Å². The van der Waals surface area contributed by atoms with Crippen LogP contribution >= 0.6 is 0 Å². The number of nitrogens with one attached hydrogen (secondary N) is 3. The Morgan fingerprint density at radius 1 is 0.897 bits per heavy atom. The second kappa shape index (κ2) is 13.5. The molecular weight excluding hydrogens is 394 g/mol. The van der Waals surface area contributed by atoms with Crippen LogP contribution in [0.5, 0.6) is 0 Å². The summed E-state index contributed by atoms with van der Waals surface area (Å²) in [5, 5.41) is 6.89. The van der Waals surface area contributed by atoms with Crippen LogP contribution in [0.1, 0.15) is 19.3 Å². The minimum absolute atomic E-state index is 0.126. The monoisotopic (exact) mass is 417 g/mol. The van der Waals surface area contributed by atoms with Crippen LogP contribution in [0.2, 0.25) is 0 Å². The van der Waals surface area contributed by atoms with Crippen LogP contribution in [0.4, 0.5) is 0 Å². The van der Waals surface area contributed by atoms with E-state index in [-0.39, 0.29) is 13.0 Å². The summed E-state index contributed by atoms with van der Waals surface area (Å²) in [5.74, 6) is -7.41. The van der Waals surface area contributed by atoms with Crippen molar-refractivity contribution in [2.24, 2.45) is 11.5 Å². The summed E-state index contributed by atoms with van der Waals surface area (Å²) in [5.41, 5.74) is 9.44. The molecule has 7 N–H and O–H groups in total. The third kappa shape index (κ3) is 11.6. The van der Waals surface area contributed by atoms with E-state index in [9.17, 15) is 33.6 Å². The van der Waals surface area contributed by atoms with Crippen molar-refractivity contribution >= 4 is 41.5 Å². The highest BCUT2D eigenvalue weighted by molar-refractivity contribution is 6.33. The maximum absolute atomic E-state index is 11.8. The number of likely N-dealkylation sites (N-methyl/N-ethyl adjacent to an activating group) is 1. The summed E-state index contributed by atoms with van der Waals surface area (Å²) < 4.78 is 8.64. The smallest absolute Gasteiger partial charge is 0.397 e. The van der Waals surface area contributed by atoms with Gasteiger partial charge in [-0.25, -0.2) is 9.59 Å². The molecule has 0 aliphatic heterocycles. The standard InChI is InChI=1S/C15H23N5O9/c1-18-12(24)8(20-13(25)15(27)28-6-9(16)21)4-2-3-5-19-10(22)7-29-14(26)11(17)23/h8H,2-7H2,1H3,(H2,16,21)(H2,17,23)(H,18,24)(H,19,22)(H,20,25)/t8-/m0/s1. The van der Waals surface area contributed by atoms with Crippen LogP contribution in [0.3, 0.4) is 0 Å². The van der Waals surface area contributed by atoms with Crippen molar-refractivity contribution in [2.75, 3.05) is 26.8 Å². The minimum atomic E-state index is -1.37. The number of esters is 2. The van der Waals surface area contributed by atoms with E-state index in [0.717, 1.165) is 0 Å². The third-order valence-electron chi connectivity index (χ3n) is 3.18. The molecule has 0 heterocycles. The molecule has 0 spiro atoms. The second-order valence-corrected chi connectivity index (χ2v) is 5.47. The van der Waals surface area contributed by atoms with Crippen molar-refractivity contribution in [3.05, 3.63) is 0 Å². The molecule has 29 heavy (non-hydrogen) atoms. The molecule has 0 bridgehead atoms. The Balaban J connectivity index is 4.29. The summed E-state index contributed by atoms with van der Waals surface area (Å²) in [6.07, 6.45) is 0.863. The fraction of sp³-hybridized carbons (Fsp3) is 0.533. The zero-order chi connectivity index (χ0) is 22.4.